The predicted molar refractivity (Wildman–Crippen MR) is 80.6 cm³/mol. The predicted octanol–water partition coefficient (Wildman–Crippen LogP) is 2.92. The second kappa shape index (κ2) is 7.29. The summed E-state index contributed by atoms with van der Waals surface area (Å²) in [5.41, 5.74) is 0. The summed E-state index contributed by atoms with van der Waals surface area (Å²) in [5, 5.41) is 13.9. The molecule has 2 rings (SSSR count). The minimum Gasteiger partial charge on any atom is -0.313 e. The van der Waals surface area contributed by atoms with Gasteiger partial charge in [-0.15, -0.1) is 10.2 Å². The maximum Gasteiger partial charge on any atom is 0.191 e. The Morgan fingerprint density at radius 2 is 2.05 bits per heavy atom. The zero-order chi connectivity index (χ0) is 13.7. The average Bonchev–Trinajstić information content (AvgIpc) is 2.63. The van der Waals surface area contributed by atoms with Gasteiger partial charge in [0.2, 0.25) is 0 Å². The van der Waals surface area contributed by atoms with Gasteiger partial charge < -0.3 is 9.88 Å². The largest absolute Gasteiger partial charge is 0.313 e. The van der Waals surface area contributed by atoms with E-state index in [-0.39, 0.29) is 0 Å². The van der Waals surface area contributed by atoms with E-state index in [2.05, 4.69) is 34.1 Å². The molecule has 0 saturated heterocycles. The lowest BCUT2D eigenvalue weighted by Crippen LogP contribution is -2.38. The van der Waals surface area contributed by atoms with Crippen LogP contribution < -0.4 is 5.32 Å². The van der Waals surface area contributed by atoms with E-state index >= 15 is 0 Å². The van der Waals surface area contributed by atoms with Crippen molar-refractivity contribution >= 4 is 11.8 Å². The monoisotopic (exact) mass is 282 g/mol. The standard InChI is InChI=1S/C14H26N4S/c1-4-10-15-12-8-6-5-7-9-13(12)19-14-17-16-11(2)18(14)3/h12-13,15H,4-10H2,1-3H3. The average molecular weight is 282 g/mol. The molecule has 0 aliphatic heterocycles. The molecular weight excluding hydrogens is 256 g/mol. The molecule has 0 radical (unpaired) electrons. The third kappa shape index (κ3) is 3.96. The Bertz CT molecular complexity index is 391. The Hall–Kier alpha value is -0.550. The van der Waals surface area contributed by atoms with Gasteiger partial charge in [-0.25, -0.2) is 0 Å². The van der Waals surface area contributed by atoms with Crippen LogP contribution in [-0.4, -0.2) is 32.6 Å². The summed E-state index contributed by atoms with van der Waals surface area (Å²) in [7, 11) is 2.06. The van der Waals surface area contributed by atoms with Crippen molar-refractivity contribution in [1.29, 1.82) is 0 Å². The van der Waals surface area contributed by atoms with E-state index in [0.29, 0.717) is 11.3 Å². The molecule has 1 aliphatic rings. The molecule has 2 atom stereocenters. The number of nitrogens with one attached hydrogen (secondary N) is 1. The number of rotatable bonds is 5. The molecule has 1 fully saturated rings. The van der Waals surface area contributed by atoms with Crippen LogP contribution in [-0.2, 0) is 7.05 Å². The Morgan fingerprint density at radius 3 is 2.74 bits per heavy atom. The van der Waals surface area contributed by atoms with Crippen molar-refractivity contribution in [2.45, 2.75) is 68.8 Å². The first-order chi connectivity index (χ1) is 9.22. The van der Waals surface area contributed by atoms with E-state index in [9.17, 15) is 0 Å². The van der Waals surface area contributed by atoms with Crippen molar-refractivity contribution in [2.75, 3.05) is 6.54 Å². The maximum absolute atomic E-state index is 4.30. The first-order valence-electron chi connectivity index (χ1n) is 7.48. The summed E-state index contributed by atoms with van der Waals surface area (Å²) in [6.07, 6.45) is 7.87. The van der Waals surface area contributed by atoms with Crippen LogP contribution in [0.3, 0.4) is 0 Å². The van der Waals surface area contributed by atoms with Gasteiger partial charge in [-0.05, 0) is 32.7 Å². The topological polar surface area (TPSA) is 42.7 Å². The van der Waals surface area contributed by atoms with Crippen molar-refractivity contribution in [3.8, 4) is 0 Å². The highest BCUT2D eigenvalue weighted by Crippen LogP contribution is 2.32. The second-order valence-electron chi connectivity index (χ2n) is 5.44. The van der Waals surface area contributed by atoms with Crippen molar-refractivity contribution < 1.29 is 0 Å². The van der Waals surface area contributed by atoms with E-state index < -0.39 is 0 Å². The van der Waals surface area contributed by atoms with Gasteiger partial charge in [0.1, 0.15) is 5.82 Å². The molecular formula is C14H26N4S. The Morgan fingerprint density at radius 1 is 1.26 bits per heavy atom. The third-order valence-electron chi connectivity index (χ3n) is 3.92. The molecule has 1 heterocycles. The zero-order valence-electron chi connectivity index (χ0n) is 12.4. The maximum atomic E-state index is 4.30. The number of aryl methyl sites for hydroxylation is 1. The number of hydrogen-bond acceptors (Lipinski definition) is 4. The molecule has 1 N–H and O–H groups in total. The lowest BCUT2D eigenvalue weighted by Gasteiger charge is -2.25. The van der Waals surface area contributed by atoms with Gasteiger partial charge in [-0.1, -0.05) is 37.9 Å². The fraction of sp³-hybridized carbons (Fsp3) is 0.857. The minimum atomic E-state index is 0.629. The van der Waals surface area contributed by atoms with Gasteiger partial charge in [0.25, 0.3) is 0 Å². The summed E-state index contributed by atoms with van der Waals surface area (Å²) in [6, 6.07) is 0.629. The minimum absolute atomic E-state index is 0.629. The van der Waals surface area contributed by atoms with Crippen molar-refractivity contribution in [3.05, 3.63) is 5.82 Å². The first-order valence-corrected chi connectivity index (χ1v) is 8.36. The fourth-order valence-corrected chi connectivity index (χ4v) is 3.93. The quantitative estimate of drug-likeness (QED) is 0.843. The first kappa shape index (κ1) is 14.9. The van der Waals surface area contributed by atoms with Crippen LogP contribution in [0, 0.1) is 6.92 Å². The summed E-state index contributed by atoms with van der Waals surface area (Å²) >= 11 is 1.91. The summed E-state index contributed by atoms with van der Waals surface area (Å²) in [4.78, 5) is 0. The Balaban J connectivity index is 2.02. The summed E-state index contributed by atoms with van der Waals surface area (Å²) < 4.78 is 2.10. The summed E-state index contributed by atoms with van der Waals surface area (Å²) in [5.74, 6) is 0.995. The van der Waals surface area contributed by atoms with Gasteiger partial charge in [0.15, 0.2) is 5.16 Å². The molecule has 19 heavy (non-hydrogen) atoms. The molecule has 1 aromatic rings. The zero-order valence-corrected chi connectivity index (χ0v) is 13.2. The number of aromatic nitrogens is 3. The van der Waals surface area contributed by atoms with Crippen molar-refractivity contribution in [1.82, 2.24) is 20.1 Å². The van der Waals surface area contributed by atoms with Gasteiger partial charge in [0.05, 0.1) is 0 Å². The van der Waals surface area contributed by atoms with E-state index in [1.165, 1.54) is 38.5 Å². The molecule has 1 saturated carbocycles. The molecule has 1 aromatic heterocycles. The van der Waals surface area contributed by atoms with Crippen molar-refractivity contribution in [3.63, 3.8) is 0 Å². The van der Waals surface area contributed by atoms with Gasteiger partial charge >= 0.3 is 0 Å². The molecule has 1 aliphatic carbocycles. The molecule has 0 aromatic carbocycles. The van der Waals surface area contributed by atoms with Crippen LogP contribution in [0.2, 0.25) is 0 Å². The fourth-order valence-electron chi connectivity index (χ4n) is 2.60. The second-order valence-corrected chi connectivity index (χ2v) is 6.65. The third-order valence-corrected chi connectivity index (χ3v) is 5.35. The van der Waals surface area contributed by atoms with E-state index in [4.69, 9.17) is 0 Å². The van der Waals surface area contributed by atoms with E-state index in [1.54, 1.807) is 0 Å². The smallest absolute Gasteiger partial charge is 0.191 e. The normalized spacial score (nSPS) is 24.4. The van der Waals surface area contributed by atoms with E-state index in [0.717, 1.165) is 17.5 Å². The lowest BCUT2D eigenvalue weighted by molar-refractivity contribution is 0.469. The van der Waals surface area contributed by atoms with Crippen LogP contribution in [0.4, 0.5) is 0 Å². The van der Waals surface area contributed by atoms with Crippen molar-refractivity contribution in [2.24, 2.45) is 7.05 Å². The molecule has 108 valence electrons. The number of nitrogens with zero attached hydrogens (tertiary/aromatic N) is 3. The molecule has 0 spiro atoms. The highest BCUT2D eigenvalue weighted by molar-refractivity contribution is 7.99. The SMILES string of the molecule is CCCNC1CCCCCC1Sc1nnc(C)n1C. The highest BCUT2D eigenvalue weighted by Gasteiger charge is 2.25. The van der Waals surface area contributed by atoms with Crippen LogP contribution in [0.15, 0.2) is 5.16 Å². The molecule has 5 heteroatoms. The molecule has 0 bridgehead atoms. The molecule has 4 nitrogen and oxygen atoms in total. The lowest BCUT2D eigenvalue weighted by atomic mass is 10.1. The van der Waals surface area contributed by atoms with Gasteiger partial charge in [-0.2, -0.15) is 0 Å². The number of hydrogen-bond donors (Lipinski definition) is 1. The number of thioether (sulfide) groups is 1. The highest BCUT2D eigenvalue weighted by atomic mass is 32.2. The van der Waals surface area contributed by atoms with Crippen LogP contribution in [0.25, 0.3) is 0 Å². The van der Waals surface area contributed by atoms with Crippen LogP contribution in [0.5, 0.6) is 0 Å². The van der Waals surface area contributed by atoms with Crippen LogP contribution >= 0.6 is 11.8 Å². The molecule has 2 unspecified atom stereocenters. The van der Waals surface area contributed by atoms with Crippen LogP contribution in [0.1, 0.15) is 51.3 Å². The summed E-state index contributed by atoms with van der Waals surface area (Å²) in [6.45, 7) is 5.37. The van der Waals surface area contributed by atoms with Gasteiger partial charge in [-0.3, -0.25) is 0 Å². The Kier molecular flexibility index (Phi) is 5.70. The molecule has 0 amide bonds. The van der Waals surface area contributed by atoms with Gasteiger partial charge in [0, 0.05) is 18.3 Å². The Labute approximate surface area is 120 Å². The van der Waals surface area contributed by atoms with E-state index in [1.807, 2.05) is 18.7 Å².